The Morgan fingerprint density at radius 2 is 2.06 bits per heavy atom. The molecule has 0 aliphatic rings. The molecule has 2 aromatic rings. The molecule has 0 aliphatic carbocycles. The van der Waals surface area contributed by atoms with E-state index in [0.29, 0.717) is 5.69 Å². The van der Waals surface area contributed by atoms with E-state index in [-0.39, 0.29) is 11.3 Å². The molecule has 0 bridgehead atoms. The standard InChI is InChI=1S/C14H15NO3/c1-17-10-11-3-8-14(16)15(9-11)12-4-6-13(18-2)7-5-12/h3-9H,10H2,1-2H3/i1D3,2D3,10D2. The van der Waals surface area contributed by atoms with Gasteiger partial charge in [0.1, 0.15) is 5.75 Å². The first-order valence-electron chi connectivity index (χ1n) is 9.00. The van der Waals surface area contributed by atoms with Crippen LogP contribution in [0.4, 0.5) is 0 Å². The van der Waals surface area contributed by atoms with Crippen molar-refractivity contribution >= 4 is 0 Å². The van der Waals surface area contributed by atoms with E-state index in [9.17, 15) is 4.79 Å². The van der Waals surface area contributed by atoms with Gasteiger partial charge < -0.3 is 9.47 Å². The topological polar surface area (TPSA) is 40.5 Å². The summed E-state index contributed by atoms with van der Waals surface area (Å²) in [7, 11) is -5.57. The monoisotopic (exact) mass is 253 g/mol. The van der Waals surface area contributed by atoms with E-state index in [4.69, 9.17) is 15.7 Å². The van der Waals surface area contributed by atoms with Gasteiger partial charge in [0, 0.05) is 25.0 Å². The number of nitrogens with zero attached hydrogens (tertiary/aromatic N) is 1. The summed E-state index contributed by atoms with van der Waals surface area (Å²) in [4.78, 5) is 12.1. The van der Waals surface area contributed by atoms with Crippen LogP contribution in [0.3, 0.4) is 0 Å². The van der Waals surface area contributed by atoms with Crippen molar-refractivity contribution in [1.82, 2.24) is 4.57 Å². The SMILES string of the molecule is [2H]C([2H])([2H])Oc1ccc(-n2cc(C([2H])([2H])OC([2H])([2H])[2H])ccc2=O)cc1. The Morgan fingerprint density at radius 1 is 1.22 bits per heavy atom. The van der Waals surface area contributed by atoms with Gasteiger partial charge >= 0.3 is 0 Å². The molecular weight excluding hydrogens is 230 g/mol. The Morgan fingerprint density at radius 3 is 2.78 bits per heavy atom. The van der Waals surface area contributed by atoms with Crippen LogP contribution in [-0.2, 0) is 11.3 Å². The fourth-order valence-electron chi connectivity index (χ4n) is 1.48. The zero-order chi connectivity index (χ0) is 19.8. The smallest absolute Gasteiger partial charge is 0.255 e. The lowest BCUT2D eigenvalue weighted by Gasteiger charge is -2.08. The average Bonchev–Trinajstić information content (AvgIpc) is 2.44. The third-order valence-corrected chi connectivity index (χ3v) is 2.31. The zero-order valence-electron chi connectivity index (χ0n) is 17.2. The van der Waals surface area contributed by atoms with Crippen LogP contribution in [0.15, 0.2) is 47.4 Å². The van der Waals surface area contributed by atoms with E-state index in [2.05, 4.69) is 4.74 Å². The Hall–Kier alpha value is -2.07. The highest BCUT2D eigenvalue weighted by molar-refractivity contribution is 5.38. The van der Waals surface area contributed by atoms with Gasteiger partial charge in [0.2, 0.25) is 0 Å². The van der Waals surface area contributed by atoms with E-state index in [1.54, 1.807) is 0 Å². The first-order valence-corrected chi connectivity index (χ1v) is 5.00. The molecule has 0 aliphatic heterocycles. The quantitative estimate of drug-likeness (QED) is 0.836. The minimum absolute atomic E-state index is 0.0685. The van der Waals surface area contributed by atoms with Crippen LogP contribution < -0.4 is 10.3 Å². The number of rotatable bonds is 4. The molecule has 1 heterocycles. The van der Waals surface area contributed by atoms with Gasteiger partial charge in [0.15, 0.2) is 0 Å². The normalized spacial score (nSPS) is 19.1. The van der Waals surface area contributed by atoms with Gasteiger partial charge in [-0.3, -0.25) is 9.36 Å². The van der Waals surface area contributed by atoms with Crippen LogP contribution in [-0.4, -0.2) is 18.6 Å². The van der Waals surface area contributed by atoms with Crippen molar-refractivity contribution in [2.45, 2.75) is 6.56 Å². The maximum atomic E-state index is 12.1. The second-order valence-corrected chi connectivity index (χ2v) is 3.43. The predicted molar refractivity (Wildman–Crippen MR) is 69.3 cm³/mol. The van der Waals surface area contributed by atoms with Crippen molar-refractivity contribution in [2.75, 3.05) is 14.1 Å². The summed E-state index contributed by atoms with van der Waals surface area (Å²) in [6.07, 6.45) is 1.12. The third-order valence-electron chi connectivity index (χ3n) is 2.31. The molecule has 4 nitrogen and oxygen atoms in total. The summed E-state index contributed by atoms with van der Waals surface area (Å²) in [6, 6.07) is 7.71. The molecule has 2 rings (SSSR count). The maximum absolute atomic E-state index is 12.1. The van der Waals surface area contributed by atoms with Crippen molar-refractivity contribution in [1.29, 1.82) is 0 Å². The molecule has 1 aromatic heterocycles. The molecule has 0 saturated carbocycles. The second kappa shape index (κ2) is 5.51. The van der Waals surface area contributed by atoms with E-state index in [1.807, 2.05) is 0 Å². The molecule has 94 valence electrons. The van der Waals surface area contributed by atoms with Crippen molar-refractivity contribution in [3.8, 4) is 11.4 Å². The first kappa shape index (κ1) is 5.71. The van der Waals surface area contributed by atoms with Crippen molar-refractivity contribution in [3.63, 3.8) is 0 Å². The summed E-state index contributed by atoms with van der Waals surface area (Å²) >= 11 is 0. The molecule has 0 spiro atoms. The van der Waals surface area contributed by atoms with Gasteiger partial charge in [-0.25, -0.2) is 0 Å². The zero-order valence-corrected chi connectivity index (χ0v) is 9.21. The van der Waals surface area contributed by atoms with Crippen molar-refractivity contribution < 1.29 is 20.4 Å². The van der Waals surface area contributed by atoms with Crippen LogP contribution in [0.25, 0.3) is 5.69 Å². The Balaban J connectivity index is 2.37. The number of ether oxygens (including phenoxy) is 2. The lowest BCUT2D eigenvalue weighted by molar-refractivity contribution is 0.184. The second-order valence-electron chi connectivity index (χ2n) is 3.43. The van der Waals surface area contributed by atoms with Gasteiger partial charge in [-0.1, -0.05) is 0 Å². The maximum Gasteiger partial charge on any atom is 0.255 e. The molecule has 0 amide bonds. The summed E-state index contributed by atoms with van der Waals surface area (Å²) < 4.78 is 68.0. The van der Waals surface area contributed by atoms with E-state index in [1.165, 1.54) is 24.3 Å². The van der Waals surface area contributed by atoms with E-state index >= 15 is 0 Å². The number of hydrogen-bond acceptors (Lipinski definition) is 3. The van der Waals surface area contributed by atoms with Crippen LogP contribution in [0.1, 0.15) is 16.5 Å². The number of hydrogen-bond donors (Lipinski definition) is 0. The highest BCUT2D eigenvalue weighted by atomic mass is 16.5. The summed E-state index contributed by atoms with van der Waals surface area (Å²) in [5.74, 6) is 0.0685. The van der Waals surface area contributed by atoms with Gasteiger partial charge in [-0.05, 0) is 35.9 Å². The molecule has 0 fully saturated rings. The van der Waals surface area contributed by atoms with Gasteiger partial charge in [-0.15, -0.1) is 0 Å². The lowest BCUT2D eigenvalue weighted by atomic mass is 10.2. The lowest BCUT2D eigenvalue weighted by Crippen LogP contribution is -2.17. The highest BCUT2D eigenvalue weighted by Gasteiger charge is 2.02. The summed E-state index contributed by atoms with van der Waals surface area (Å²) in [5, 5.41) is 0. The minimum atomic E-state index is -2.96. The number of pyridine rings is 1. The highest BCUT2D eigenvalue weighted by Crippen LogP contribution is 2.14. The molecule has 18 heavy (non-hydrogen) atoms. The molecule has 1 aromatic carbocycles. The Labute approximate surface area is 117 Å². The fourth-order valence-corrected chi connectivity index (χ4v) is 1.48. The Kier molecular flexibility index (Phi) is 1.75. The van der Waals surface area contributed by atoms with E-state index < -0.39 is 26.2 Å². The van der Waals surface area contributed by atoms with Crippen LogP contribution in [0.2, 0.25) is 0 Å². The van der Waals surface area contributed by atoms with Gasteiger partial charge in [-0.2, -0.15) is 0 Å². The summed E-state index contributed by atoms with van der Waals surface area (Å²) in [6.45, 7) is -2.65. The summed E-state index contributed by atoms with van der Waals surface area (Å²) in [5.41, 5.74) is -0.363. The van der Waals surface area contributed by atoms with Crippen LogP contribution in [0.5, 0.6) is 5.75 Å². The van der Waals surface area contributed by atoms with Gasteiger partial charge in [0.25, 0.3) is 5.56 Å². The van der Waals surface area contributed by atoms with Crippen LogP contribution in [0, 0.1) is 0 Å². The van der Waals surface area contributed by atoms with Gasteiger partial charge in [0.05, 0.1) is 24.6 Å². The molecule has 0 radical (unpaired) electrons. The fraction of sp³-hybridized carbons (Fsp3) is 0.214. The largest absolute Gasteiger partial charge is 0.497 e. The first-order chi connectivity index (χ1) is 11.8. The number of aromatic nitrogens is 1. The van der Waals surface area contributed by atoms with E-state index in [0.717, 1.165) is 22.9 Å². The minimum Gasteiger partial charge on any atom is -0.497 e. The average molecular weight is 253 g/mol. The molecular formula is C14H15NO3. The molecule has 0 atom stereocenters. The predicted octanol–water partition coefficient (Wildman–Crippen LogP) is 1.99. The van der Waals surface area contributed by atoms with Crippen molar-refractivity contribution in [2.24, 2.45) is 0 Å². The Bertz CT molecular complexity index is 824. The van der Waals surface area contributed by atoms with Crippen molar-refractivity contribution in [3.05, 3.63) is 58.5 Å². The molecule has 0 N–H and O–H groups in total. The molecule has 4 heteroatoms. The molecule has 0 unspecified atom stereocenters. The third kappa shape index (κ3) is 2.60. The molecule has 0 saturated heterocycles. The number of benzene rings is 1. The number of methoxy groups -OCH3 is 2. The van der Waals surface area contributed by atoms with Crippen LogP contribution >= 0.6 is 0 Å².